The normalized spacial score (nSPS) is 29.2. The molecule has 11 heteroatoms. The molecule has 1 spiro atoms. The van der Waals surface area contributed by atoms with Crippen molar-refractivity contribution in [3.63, 3.8) is 0 Å². The maximum atomic E-state index is 12.9. The Labute approximate surface area is 232 Å². The Morgan fingerprint density at radius 3 is 2.55 bits per heavy atom. The van der Waals surface area contributed by atoms with Gasteiger partial charge in [-0.2, -0.15) is 0 Å². The minimum atomic E-state index is -1.23. The van der Waals surface area contributed by atoms with Crippen molar-refractivity contribution >= 4 is 23.7 Å². The Kier molecular flexibility index (Phi) is 7.16. The molecule has 0 amide bonds. The number of methoxy groups -OCH3 is 1. The zero-order chi connectivity index (χ0) is 29.0. The van der Waals surface area contributed by atoms with Gasteiger partial charge in [0.1, 0.15) is 5.76 Å². The summed E-state index contributed by atoms with van der Waals surface area (Å²) in [7, 11) is 3.58. The number of Topliss-reactive ketones (excluding diaryl/α,β-unsaturated/α-hetero) is 1. The lowest BCUT2D eigenvalue weighted by Gasteiger charge is -2.61. The maximum absolute atomic E-state index is 12.9. The summed E-state index contributed by atoms with van der Waals surface area (Å²) in [5.41, 5.74) is 0.0752. The molecule has 0 unspecified atom stereocenters. The molecule has 0 aromatic heterocycles. The first-order valence-electron chi connectivity index (χ1n) is 13.5. The van der Waals surface area contributed by atoms with Crippen LogP contribution in [0.1, 0.15) is 57.6 Å². The number of piperidine rings is 1. The number of ether oxygens (including phenoxy) is 5. The van der Waals surface area contributed by atoms with Gasteiger partial charge in [0.2, 0.25) is 0 Å². The molecule has 1 fully saturated rings. The van der Waals surface area contributed by atoms with Gasteiger partial charge >= 0.3 is 17.9 Å². The van der Waals surface area contributed by atoms with Crippen LogP contribution in [0.5, 0.6) is 11.5 Å². The second-order valence-electron chi connectivity index (χ2n) is 11.1. The van der Waals surface area contributed by atoms with Gasteiger partial charge in [-0.3, -0.25) is 14.4 Å². The second kappa shape index (κ2) is 10.2. The van der Waals surface area contributed by atoms with Gasteiger partial charge in [0.25, 0.3) is 0 Å². The van der Waals surface area contributed by atoms with E-state index >= 15 is 0 Å². The van der Waals surface area contributed by atoms with Crippen LogP contribution >= 0.6 is 0 Å². The van der Waals surface area contributed by atoms with Crippen LogP contribution in [0, 0.1) is 0 Å². The highest BCUT2D eigenvalue weighted by Crippen LogP contribution is 2.65. The summed E-state index contributed by atoms with van der Waals surface area (Å²) < 4.78 is 27.8. The van der Waals surface area contributed by atoms with E-state index in [4.69, 9.17) is 23.7 Å². The van der Waals surface area contributed by atoms with Crippen LogP contribution in [0.15, 0.2) is 24.0 Å². The van der Waals surface area contributed by atoms with Crippen molar-refractivity contribution in [1.82, 2.24) is 4.90 Å². The van der Waals surface area contributed by atoms with Crippen LogP contribution in [0.2, 0.25) is 0 Å². The lowest BCUT2D eigenvalue weighted by Crippen LogP contribution is -2.74. The number of benzene rings is 1. The van der Waals surface area contributed by atoms with Crippen molar-refractivity contribution < 1.29 is 48.0 Å². The number of nitrogens with zero attached hydrogens (tertiary/aromatic N) is 1. The highest BCUT2D eigenvalue weighted by molar-refractivity contribution is 5.85. The van der Waals surface area contributed by atoms with Crippen LogP contribution in [-0.4, -0.2) is 84.4 Å². The lowest BCUT2D eigenvalue weighted by molar-refractivity contribution is -0.172. The van der Waals surface area contributed by atoms with E-state index < -0.39 is 47.2 Å². The van der Waals surface area contributed by atoms with E-state index in [1.165, 1.54) is 20.8 Å². The van der Waals surface area contributed by atoms with Gasteiger partial charge in [0.15, 0.2) is 35.6 Å². The topological polar surface area (TPSA) is 138 Å². The number of likely N-dealkylation sites (N-methyl/N-ethyl adjacent to an activating group) is 1. The van der Waals surface area contributed by atoms with E-state index in [-0.39, 0.29) is 31.1 Å². The monoisotopic (exact) mass is 557 g/mol. The smallest absolute Gasteiger partial charge is 0.347 e. The van der Waals surface area contributed by atoms with E-state index in [9.17, 15) is 24.3 Å². The number of carbonyl (C=O) groups excluding carboxylic acids is 4. The molecule has 1 aromatic carbocycles. The Morgan fingerprint density at radius 1 is 1.12 bits per heavy atom. The third-order valence-corrected chi connectivity index (χ3v) is 8.83. The number of hydrogen-bond donors (Lipinski definition) is 1. The number of likely N-dealkylation sites (tertiary alicyclic amines) is 1. The molecule has 2 bridgehead atoms. The van der Waals surface area contributed by atoms with Gasteiger partial charge < -0.3 is 33.7 Å². The van der Waals surface area contributed by atoms with Crippen molar-refractivity contribution in [2.45, 2.75) is 88.2 Å². The number of carbonyl (C=O) groups is 4. The highest BCUT2D eigenvalue weighted by atomic mass is 16.6. The molecular formula is C29H35NO10. The van der Waals surface area contributed by atoms with Crippen molar-refractivity contribution in [3.05, 3.63) is 35.1 Å². The fourth-order valence-electron chi connectivity index (χ4n) is 6.63. The Hall–Kier alpha value is -3.44. The number of hydrogen-bond acceptors (Lipinski definition) is 11. The summed E-state index contributed by atoms with van der Waals surface area (Å²) in [6.45, 7) is 4.77. The van der Waals surface area contributed by atoms with Gasteiger partial charge in [-0.15, -0.1) is 0 Å². The lowest BCUT2D eigenvalue weighted by atomic mass is 9.50. The molecule has 1 N–H and O–H groups in total. The summed E-state index contributed by atoms with van der Waals surface area (Å²) in [4.78, 5) is 50.6. The predicted molar refractivity (Wildman–Crippen MR) is 139 cm³/mol. The largest absolute Gasteiger partial charge is 0.493 e. The molecule has 2 aliphatic carbocycles. The van der Waals surface area contributed by atoms with Crippen LogP contribution in [0.3, 0.4) is 0 Å². The van der Waals surface area contributed by atoms with Gasteiger partial charge in [-0.1, -0.05) is 6.07 Å². The highest BCUT2D eigenvalue weighted by Gasteiger charge is 2.72. The quantitative estimate of drug-likeness (QED) is 0.351. The second-order valence-corrected chi connectivity index (χ2v) is 11.1. The molecule has 1 saturated heterocycles. The standard InChI is InChI=1S/C29H35NO10/c1-15(31)16(2)38-27(34)17(3)37-22(32)8-9-23(33)39-20-10-11-29(35)21-14-18-6-7-19(36-5)25-24(18)28(29,26(20)40-25)12-13-30(21)4/h6-7,10,16-17,21,26,35H,8-9,11-14H2,1-5H3/t16-,17-,21+,26-,28-,29+/m0/s1. The fraction of sp³-hybridized carbons (Fsp3) is 0.586. The van der Waals surface area contributed by atoms with Crippen molar-refractivity contribution in [2.75, 3.05) is 20.7 Å². The first-order valence-corrected chi connectivity index (χ1v) is 13.5. The first-order chi connectivity index (χ1) is 18.9. The van der Waals surface area contributed by atoms with Gasteiger partial charge in [0, 0.05) is 18.0 Å². The molecule has 6 atom stereocenters. The summed E-state index contributed by atoms with van der Waals surface area (Å²) in [6.07, 6.45) is -0.273. The Bertz CT molecular complexity index is 1290. The molecule has 0 radical (unpaired) electrons. The molecule has 2 heterocycles. The molecule has 2 aliphatic heterocycles. The molecule has 40 heavy (non-hydrogen) atoms. The zero-order valence-electron chi connectivity index (χ0n) is 23.4. The number of ketones is 1. The average Bonchev–Trinajstić information content (AvgIpc) is 3.26. The van der Waals surface area contributed by atoms with Crippen molar-refractivity contribution in [2.24, 2.45) is 0 Å². The van der Waals surface area contributed by atoms with Gasteiger partial charge in [-0.25, -0.2) is 4.79 Å². The van der Waals surface area contributed by atoms with Gasteiger partial charge in [0.05, 0.1) is 31.0 Å². The van der Waals surface area contributed by atoms with E-state index in [1.807, 2.05) is 19.2 Å². The minimum absolute atomic E-state index is 0.130. The average molecular weight is 558 g/mol. The van der Waals surface area contributed by atoms with Gasteiger partial charge in [-0.05, 0) is 64.9 Å². The molecular weight excluding hydrogens is 522 g/mol. The maximum Gasteiger partial charge on any atom is 0.347 e. The molecule has 11 nitrogen and oxygen atoms in total. The molecule has 0 saturated carbocycles. The van der Waals surface area contributed by atoms with E-state index in [0.717, 1.165) is 17.7 Å². The number of aliphatic hydroxyl groups is 1. The third kappa shape index (κ3) is 4.26. The summed E-state index contributed by atoms with van der Waals surface area (Å²) in [6, 6.07) is 3.75. The van der Waals surface area contributed by atoms with Crippen LogP contribution in [0.4, 0.5) is 0 Å². The molecule has 5 rings (SSSR count). The first kappa shape index (κ1) is 28.1. The third-order valence-electron chi connectivity index (χ3n) is 8.83. The van der Waals surface area contributed by atoms with E-state index in [1.54, 1.807) is 13.2 Å². The Balaban J connectivity index is 1.29. The Morgan fingerprint density at radius 2 is 1.85 bits per heavy atom. The number of esters is 3. The van der Waals surface area contributed by atoms with Crippen LogP contribution < -0.4 is 9.47 Å². The SMILES string of the molecule is COc1ccc2c3c1O[C@H]1C(OC(=O)CCC(=O)O[C@@H](C)C(=O)O[C@@H](C)C(C)=O)=CC[C@@]4(O)[C@@H](C2)N(C)CC[C@]314. The predicted octanol–water partition coefficient (Wildman–Crippen LogP) is 1.75. The number of rotatable bonds is 9. The molecule has 1 aromatic rings. The summed E-state index contributed by atoms with van der Waals surface area (Å²) in [5.74, 6) is -1.22. The van der Waals surface area contributed by atoms with Crippen molar-refractivity contribution in [1.29, 1.82) is 0 Å². The minimum Gasteiger partial charge on any atom is -0.493 e. The fourth-order valence-corrected chi connectivity index (χ4v) is 6.63. The van der Waals surface area contributed by atoms with Crippen molar-refractivity contribution in [3.8, 4) is 11.5 Å². The van der Waals surface area contributed by atoms with E-state index in [2.05, 4.69) is 4.90 Å². The zero-order valence-corrected chi connectivity index (χ0v) is 23.4. The summed E-state index contributed by atoms with van der Waals surface area (Å²) in [5, 5.41) is 12.2. The van der Waals surface area contributed by atoms with E-state index in [0.29, 0.717) is 30.1 Å². The van der Waals surface area contributed by atoms with Crippen LogP contribution in [-0.2, 0) is 45.2 Å². The molecule has 4 aliphatic rings. The molecule has 216 valence electrons. The van der Waals surface area contributed by atoms with Crippen LogP contribution in [0.25, 0.3) is 0 Å². The summed E-state index contributed by atoms with van der Waals surface area (Å²) >= 11 is 0.